The van der Waals surface area contributed by atoms with Crippen molar-refractivity contribution in [1.29, 1.82) is 0 Å². The number of anilines is 1. The number of thiophene rings is 1. The Labute approximate surface area is 103 Å². The molecule has 0 bridgehead atoms. The second-order valence-electron chi connectivity index (χ2n) is 4.06. The Hall–Kier alpha value is -1.81. The Bertz CT molecular complexity index is 620. The third-order valence-corrected chi connectivity index (χ3v) is 4.21. The lowest BCUT2D eigenvalue weighted by molar-refractivity contribution is 0.582. The summed E-state index contributed by atoms with van der Waals surface area (Å²) in [7, 11) is 0. The first kappa shape index (κ1) is 10.4. The van der Waals surface area contributed by atoms with E-state index >= 15 is 0 Å². The van der Waals surface area contributed by atoms with E-state index in [4.69, 9.17) is 5.73 Å². The van der Waals surface area contributed by atoms with Crippen LogP contribution in [0, 0.1) is 0 Å². The van der Waals surface area contributed by atoms with Crippen LogP contribution in [0.25, 0.3) is 10.1 Å². The first-order valence-electron chi connectivity index (χ1n) is 5.53. The summed E-state index contributed by atoms with van der Waals surface area (Å²) in [6.07, 6.45) is 1.74. The average Bonchev–Trinajstić information content (AvgIpc) is 2.93. The lowest BCUT2D eigenvalue weighted by Crippen LogP contribution is -2.09. The molecule has 0 aliphatic heterocycles. The zero-order valence-corrected chi connectivity index (χ0v) is 10.3. The Morgan fingerprint density at radius 3 is 2.82 bits per heavy atom. The zero-order valence-electron chi connectivity index (χ0n) is 9.50. The second kappa shape index (κ2) is 3.89. The van der Waals surface area contributed by atoms with Gasteiger partial charge in [-0.25, -0.2) is 4.68 Å². The number of nitrogens with zero attached hydrogens (tertiary/aromatic N) is 2. The summed E-state index contributed by atoms with van der Waals surface area (Å²) in [4.78, 5) is 1.28. The molecule has 0 amide bonds. The average molecular weight is 243 g/mol. The highest BCUT2D eigenvalue weighted by Crippen LogP contribution is 2.31. The fourth-order valence-corrected chi connectivity index (χ4v) is 3.08. The van der Waals surface area contributed by atoms with Gasteiger partial charge < -0.3 is 5.73 Å². The van der Waals surface area contributed by atoms with Crippen molar-refractivity contribution in [2.75, 3.05) is 5.73 Å². The number of nitrogen functional groups attached to an aromatic ring is 1. The molecule has 2 aromatic heterocycles. The predicted octanol–water partition coefficient (Wildman–Crippen LogP) is 3.29. The molecule has 3 nitrogen and oxygen atoms in total. The molecule has 1 atom stereocenters. The molecule has 0 radical (unpaired) electrons. The Morgan fingerprint density at radius 1 is 1.29 bits per heavy atom. The van der Waals surface area contributed by atoms with Crippen molar-refractivity contribution in [3.8, 4) is 0 Å². The maximum Gasteiger partial charge on any atom is 0.122 e. The van der Waals surface area contributed by atoms with E-state index in [1.54, 1.807) is 17.5 Å². The van der Waals surface area contributed by atoms with Gasteiger partial charge in [0.15, 0.2) is 0 Å². The maximum atomic E-state index is 5.88. The van der Waals surface area contributed by atoms with Crippen LogP contribution in [-0.2, 0) is 0 Å². The zero-order chi connectivity index (χ0) is 11.8. The predicted molar refractivity (Wildman–Crippen MR) is 72.3 cm³/mol. The molecule has 3 rings (SSSR count). The summed E-state index contributed by atoms with van der Waals surface area (Å²) in [5.41, 5.74) is 5.88. The minimum absolute atomic E-state index is 0.183. The molecular formula is C13H13N3S. The Morgan fingerprint density at radius 2 is 2.12 bits per heavy atom. The summed E-state index contributed by atoms with van der Waals surface area (Å²) in [5.74, 6) is 0.704. The van der Waals surface area contributed by atoms with Crippen LogP contribution in [-0.4, -0.2) is 9.78 Å². The van der Waals surface area contributed by atoms with Crippen molar-refractivity contribution in [1.82, 2.24) is 9.78 Å². The fraction of sp³-hybridized carbons (Fsp3) is 0.154. The summed E-state index contributed by atoms with van der Waals surface area (Å²) in [6.45, 7) is 2.12. The van der Waals surface area contributed by atoms with Crippen LogP contribution in [0.3, 0.4) is 0 Å². The molecule has 0 spiro atoms. The first-order chi connectivity index (χ1) is 8.25. The molecule has 17 heavy (non-hydrogen) atoms. The number of hydrogen-bond donors (Lipinski definition) is 1. The van der Waals surface area contributed by atoms with Gasteiger partial charge in [0.25, 0.3) is 0 Å². The lowest BCUT2D eigenvalue weighted by Gasteiger charge is -2.11. The van der Waals surface area contributed by atoms with Crippen LogP contribution in [0.1, 0.15) is 17.8 Å². The van der Waals surface area contributed by atoms with E-state index in [0.29, 0.717) is 5.82 Å². The van der Waals surface area contributed by atoms with E-state index in [0.717, 1.165) is 0 Å². The molecule has 1 aromatic carbocycles. The van der Waals surface area contributed by atoms with Crippen molar-refractivity contribution in [2.45, 2.75) is 13.0 Å². The monoisotopic (exact) mass is 243 g/mol. The Kier molecular flexibility index (Phi) is 2.37. The standard InChI is InChI=1S/C13H13N3S/c1-9(16-13(14)6-7-15-16)12-8-10-4-2-3-5-11(10)17-12/h2-9H,14H2,1H3. The first-order valence-corrected chi connectivity index (χ1v) is 6.35. The van der Waals surface area contributed by atoms with Crippen LogP contribution in [0.5, 0.6) is 0 Å². The summed E-state index contributed by atoms with van der Waals surface area (Å²) in [6, 6.07) is 12.6. The lowest BCUT2D eigenvalue weighted by atomic mass is 10.2. The van der Waals surface area contributed by atoms with Crippen LogP contribution in [0.2, 0.25) is 0 Å². The smallest absolute Gasteiger partial charge is 0.122 e. The number of fused-ring (bicyclic) bond motifs is 1. The van der Waals surface area contributed by atoms with Crippen LogP contribution >= 0.6 is 11.3 Å². The van der Waals surface area contributed by atoms with Gasteiger partial charge in [-0.3, -0.25) is 0 Å². The third-order valence-electron chi connectivity index (χ3n) is 2.92. The minimum Gasteiger partial charge on any atom is -0.384 e. The van der Waals surface area contributed by atoms with E-state index in [1.165, 1.54) is 15.0 Å². The topological polar surface area (TPSA) is 43.8 Å². The molecule has 0 saturated heterocycles. The van der Waals surface area contributed by atoms with Crippen molar-refractivity contribution >= 4 is 27.2 Å². The van der Waals surface area contributed by atoms with Gasteiger partial charge in [-0.15, -0.1) is 11.3 Å². The highest BCUT2D eigenvalue weighted by atomic mass is 32.1. The number of aromatic nitrogens is 2. The molecule has 86 valence electrons. The molecule has 0 aliphatic rings. The second-order valence-corrected chi connectivity index (χ2v) is 5.18. The molecule has 0 fully saturated rings. The largest absolute Gasteiger partial charge is 0.384 e. The van der Waals surface area contributed by atoms with Crippen molar-refractivity contribution in [3.05, 3.63) is 47.5 Å². The van der Waals surface area contributed by atoms with Crippen molar-refractivity contribution < 1.29 is 0 Å². The van der Waals surface area contributed by atoms with Crippen LogP contribution in [0.4, 0.5) is 5.82 Å². The molecule has 4 heteroatoms. The van der Waals surface area contributed by atoms with Crippen molar-refractivity contribution in [3.63, 3.8) is 0 Å². The highest BCUT2D eigenvalue weighted by Gasteiger charge is 2.13. The number of benzene rings is 1. The minimum atomic E-state index is 0.183. The molecule has 3 aromatic rings. The van der Waals surface area contributed by atoms with Gasteiger partial charge in [0.1, 0.15) is 5.82 Å². The Balaban J connectivity index is 2.07. The van der Waals surface area contributed by atoms with Crippen LogP contribution in [0.15, 0.2) is 42.6 Å². The fourth-order valence-electron chi connectivity index (χ4n) is 1.98. The van der Waals surface area contributed by atoms with E-state index in [-0.39, 0.29) is 6.04 Å². The third kappa shape index (κ3) is 1.70. The quantitative estimate of drug-likeness (QED) is 0.750. The van der Waals surface area contributed by atoms with Crippen LogP contribution < -0.4 is 5.73 Å². The van der Waals surface area contributed by atoms with E-state index < -0.39 is 0 Å². The molecular weight excluding hydrogens is 230 g/mol. The summed E-state index contributed by atoms with van der Waals surface area (Å²) >= 11 is 1.80. The van der Waals surface area contributed by atoms with Gasteiger partial charge in [-0.1, -0.05) is 18.2 Å². The highest BCUT2D eigenvalue weighted by molar-refractivity contribution is 7.19. The van der Waals surface area contributed by atoms with Gasteiger partial charge in [-0.05, 0) is 30.5 Å². The molecule has 1 unspecified atom stereocenters. The molecule has 2 N–H and O–H groups in total. The number of nitrogens with two attached hydrogens (primary N) is 1. The van der Waals surface area contributed by atoms with Gasteiger partial charge in [0.05, 0.1) is 12.2 Å². The summed E-state index contributed by atoms with van der Waals surface area (Å²) in [5, 5.41) is 5.54. The van der Waals surface area contributed by atoms with Gasteiger partial charge in [-0.2, -0.15) is 5.10 Å². The SMILES string of the molecule is CC(c1cc2ccccc2s1)n1nccc1N. The normalized spacial score (nSPS) is 13.0. The van der Waals surface area contributed by atoms with E-state index in [2.05, 4.69) is 42.4 Å². The summed E-state index contributed by atoms with van der Waals surface area (Å²) < 4.78 is 3.16. The van der Waals surface area contributed by atoms with Crippen molar-refractivity contribution in [2.24, 2.45) is 0 Å². The van der Waals surface area contributed by atoms with E-state index in [9.17, 15) is 0 Å². The maximum absolute atomic E-state index is 5.88. The van der Waals surface area contributed by atoms with E-state index in [1.807, 2.05) is 10.7 Å². The van der Waals surface area contributed by atoms with Gasteiger partial charge in [0.2, 0.25) is 0 Å². The molecule has 0 saturated carbocycles. The molecule has 2 heterocycles. The molecule has 0 aliphatic carbocycles. The number of hydrogen-bond acceptors (Lipinski definition) is 3. The van der Waals surface area contributed by atoms with Gasteiger partial charge >= 0.3 is 0 Å². The van der Waals surface area contributed by atoms with Gasteiger partial charge in [0, 0.05) is 9.58 Å². The number of rotatable bonds is 2.